The first-order chi connectivity index (χ1) is 5.00. The molecule has 1 rings (SSSR count). The van der Waals surface area contributed by atoms with Crippen molar-refractivity contribution < 1.29 is 0 Å². The highest BCUT2D eigenvalue weighted by Crippen LogP contribution is 1.78. The van der Waals surface area contributed by atoms with E-state index in [1.165, 1.54) is 6.42 Å². The van der Waals surface area contributed by atoms with E-state index in [1.807, 2.05) is 6.21 Å². The molecular formula is C7H15N3. The molecule has 0 unspecified atom stereocenters. The van der Waals surface area contributed by atoms with Gasteiger partial charge in [-0.2, -0.15) is 0 Å². The number of hydrogen-bond acceptors (Lipinski definition) is 3. The van der Waals surface area contributed by atoms with Crippen molar-refractivity contribution >= 4 is 6.21 Å². The average molecular weight is 141 g/mol. The Hall–Kier alpha value is -0.410. The maximum Gasteiger partial charge on any atom is 0.0880 e. The Morgan fingerprint density at radius 1 is 1.10 bits per heavy atom. The minimum absolute atomic E-state index is 0.792. The predicted molar refractivity (Wildman–Crippen MR) is 43.5 cm³/mol. The van der Waals surface area contributed by atoms with Gasteiger partial charge in [-0.05, 0) is 25.9 Å². The third-order valence-corrected chi connectivity index (χ3v) is 1.49. The Morgan fingerprint density at radius 3 is 3.00 bits per heavy atom. The summed E-state index contributed by atoms with van der Waals surface area (Å²) in [6.45, 7) is 4.06. The normalized spacial score (nSPS) is 22.4. The minimum Gasteiger partial charge on any atom is -0.316 e. The molecule has 0 fully saturated rings. The second-order valence-electron chi connectivity index (χ2n) is 2.42. The van der Waals surface area contributed by atoms with Crippen LogP contribution in [0.4, 0.5) is 0 Å². The van der Waals surface area contributed by atoms with E-state index in [4.69, 9.17) is 0 Å². The summed E-state index contributed by atoms with van der Waals surface area (Å²) >= 11 is 0. The lowest BCUT2D eigenvalue weighted by Crippen LogP contribution is -2.24. The van der Waals surface area contributed by atoms with Crippen LogP contribution in [0.3, 0.4) is 0 Å². The molecule has 0 spiro atoms. The molecule has 2 N–H and O–H groups in total. The fourth-order valence-corrected chi connectivity index (χ4v) is 0.929. The van der Waals surface area contributed by atoms with E-state index in [0.717, 1.165) is 32.7 Å². The lowest BCUT2D eigenvalue weighted by molar-refractivity contribution is 0.601. The first kappa shape index (κ1) is 7.69. The van der Waals surface area contributed by atoms with Crippen LogP contribution in [0.5, 0.6) is 0 Å². The maximum atomic E-state index is 4.16. The standard InChI is InChI=1S/C7H15N3/c1-3-8-4-2-6-10-7-9-5-1/h5,8,10H,1-4,6-7H2. The molecule has 0 aromatic carbocycles. The van der Waals surface area contributed by atoms with Gasteiger partial charge in [-0.15, -0.1) is 0 Å². The van der Waals surface area contributed by atoms with Crippen molar-refractivity contribution in [3.05, 3.63) is 0 Å². The van der Waals surface area contributed by atoms with Gasteiger partial charge in [0.2, 0.25) is 0 Å². The van der Waals surface area contributed by atoms with Crippen LogP contribution in [-0.4, -0.2) is 32.5 Å². The van der Waals surface area contributed by atoms with Gasteiger partial charge in [0, 0.05) is 12.8 Å². The highest BCUT2D eigenvalue weighted by molar-refractivity contribution is 5.57. The van der Waals surface area contributed by atoms with E-state index >= 15 is 0 Å². The van der Waals surface area contributed by atoms with Crippen molar-refractivity contribution in [1.82, 2.24) is 10.6 Å². The fourth-order valence-electron chi connectivity index (χ4n) is 0.929. The van der Waals surface area contributed by atoms with Crippen molar-refractivity contribution in [2.45, 2.75) is 12.8 Å². The SMILES string of the molecule is C1=NCNCCCNCC1. The number of rotatable bonds is 0. The van der Waals surface area contributed by atoms with E-state index in [2.05, 4.69) is 15.6 Å². The zero-order valence-corrected chi connectivity index (χ0v) is 6.27. The number of hydrogen-bond donors (Lipinski definition) is 2. The summed E-state index contributed by atoms with van der Waals surface area (Å²) in [5.41, 5.74) is 0. The van der Waals surface area contributed by atoms with Gasteiger partial charge in [0.15, 0.2) is 0 Å². The Bertz CT molecular complexity index is 89.0. The summed E-state index contributed by atoms with van der Waals surface area (Å²) < 4.78 is 0. The molecule has 0 saturated heterocycles. The van der Waals surface area contributed by atoms with Gasteiger partial charge >= 0.3 is 0 Å². The number of nitrogens with one attached hydrogen (secondary N) is 2. The molecule has 58 valence electrons. The summed E-state index contributed by atoms with van der Waals surface area (Å²) in [5, 5.41) is 6.54. The van der Waals surface area contributed by atoms with Gasteiger partial charge < -0.3 is 5.32 Å². The van der Waals surface area contributed by atoms with E-state index in [0.29, 0.717) is 0 Å². The Balaban J connectivity index is 2.13. The quantitative estimate of drug-likeness (QED) is 0.497. The van der Waals surface area contributed by atoms with Gasteiger partial charge in [-0.25, -0.2) is 0 Å². The molecule has 0 atom stereocenters. The third-order valence-electron chi connectivity index (χ3n) is 1.49. The highest BCUT2D eigenvalue weighted by Gasteiger charge is 1.89. The molecule has 10 heavy (non-hydrogen) atoms. The van der Waals surface area contributed by atoms with Gasteiger partial charge in [0.05, 0.1) is 6.67 Å². The molecule has 0 bridgehead atoms. The first-order valence-corrected chi connectivity index (χ1v) is 3.90. The monoisotopic (exact) mass is 141 g/mol. The fraction of sp³-hybridized carbons (Fsp3) is 0.857. The van der Waals surface area contributed by atoms with Crippen LogP contribution in [0.15, 0.2) is 4.99 Å². The molecule has 0 saturated carbocycles. The van der Waals surface area contributed by atoms with Crippen molar-refractivity contribution in [2.75, 3.05) is 26.3 Å². The molecule has 0 aromatic heterocycles. The summed E-state index contributed by atoms with van der Waals surface area (Å²) in [5.74, 6) is 0. The zero-order chi connectivity index (χ0) is 7.07. The van der Waals surface area contributed by atoms with E-state index < -0.39 is 0 Å². The Kier molecular flexibility index (Phi) is 4.14. The van der Waals surface area contributed by atoms with Crippen LogP contribution in [0.25, 0.3) is 0 Å². The Morgan fingerprint density at radius 2 is 2.00 bits per heavy atom. The van der Waals surface area contributed by atoms with Gasteiger partial charge in [0.1, 0.15) is 0 Å². The number of nitrogens with zero attached hydrogens (tertiary/aromatic N) is 1. The van der Waals surface area contributed by atoms with E-state index in [-0.39, 0.29) is 0 Å². The lowest BCUT2D eigenvalue weighted by atomic mass is 10.4. The maximum absolute atomic E-state index is 4.16. The zero-order valence-electron chi connectivity index (χ0n) is 6.27. The smallest absolute Gasteiger partial charge is 0.0880 e. The molecular weight excluding hydrogens is 126 g/mol. The highest BCUT2D eigenvalue weighted by atomic mass is 15.0. The van der Waals surface area contributed by atoms with Crippen molar-refractivity contribution in [3.8, 4) is 0 Å². The van der Waals surface area contributed by atoms with E-state index in [1.54, 1.807) is 0 Å². The molecule has 3 heteroatoms. The second kappa shape index (κ2) is 5.38. The van der Waals surface area contributed by atoms with Crippen LogP contribution in [0.2, 0.25) is 0 Å². The summed E-state index contributed by atoms with van der Waals surface area (Å²) in [4.78, 5) is 4.16. The molecule has 0 aromatic rings. The molecule has 0 aliphatic carbocycles. The molecule has 1 aliphatic heterocycles. The van der Waals surface area contributed by atoms with E-state index in [9.17, 15) is 0 Å². The summed E-state index contributed by atoms with van der Waals surface area (Å²) in [6.07, 6.45) is 4.24. The predicted octanol–water partition coefficient (Wildman–Crippen LogP) is -0.0123. The van der Waals surface area contributed by atoms with Gasteiger partial charge in [-0.1, -0.05) is 0 Å². The van der Waals surface area contributed by atoms with Crippen molar-refractivity contribution in [1.29, 1.82) is 0 Å². The van der Waals surface area contributed by atoms with Crippen LogP contribution in [-0.2, 0) is 0 Å². The molecule has 0 radical (unpaired) electrons. The third kappa shape index (κ3) is 3.58. The van der Waals surface area contributed by atoms with Crippen LogP contribution in [0, 0.1) is 0 Å². The van der Waals surface area contributed by atoms with Crippen molar-refractivity contribution in [2.24, 2.45) is 4.99 Å². The molecule has 1 aliphatic rings. The molecule has 3 nitrogen and oxygen atoms in total. The van der Waals surface area contributed by atoms with Crippen LogP contribution >= 0.6 is 0 Å². The van der Waals surface area contributed by atoms with Gasteiger partial charge in [-0.3, -0.25) is 10.3 Å². The van der Waals surface area contributed by atoms with Crippen molar-refractivity contribution in [3.63, 3.8) is 0 Å². The first-order valence-electron chi connectivity index (χ1n) is 3.90. The van der Waals surface area contributed by atoms with Crippen LogP contribution in [0.1, 0.15) is 12.8 Å². The topological polar surface area (TPSA) is 36.4 Å². The van der Waals surface area contributed by atoms with Gasteiger partial charge in [0.25, 0.3) is 0 Å². The number of aliphatic imine (C=N–C) groups is 1. The molecule has 0 amide bonds. The Labute approximate surface area is 61.9 Å². The lowest BCUT2D eigenvalue weighted by Gasteiger charge is -2.05. The second-order valence-corrected chi connectivity index (χ2v) is 2.42. The largest absolute Gasteiger partial charge is 0.316 e. The van der Waals surface area contributed by atoms with Crippen LogP contribution < -0.4 is 10.6 Å². The minimum atomic E-state index is 0.792. The summed E-state index contributed by atoms with van der Waals surface area (Å²) in [6, 6.07) is 0. The summed E-state index contributed by atoms with van der Waals surface area (Å²) in [7, 11) is 0. The average Bonchev–Trinajstić information content (AvgIpc) is 2.01. The molecule has 1 heterocycles.